The quantitative estimate of drug-likeness (QED) is 0.728. The summed E-state index contributed by atoms with van der Waals surface area (Å²) in [7, 11) is 0. The van der Waals surface area contributed by atoms with Crippen LogP contribution in [0.1, 0.15) is 22.8 Å². The first-order chi connectivity index (χ1) is 8.47. The molecule has 0 aromatic heterocycles. The van der Waals surface area contributed by atoms with Crippen molar-refractivity contribution in [2.75, 3.05) is 0 Å². The lowest BCUT2D eigenvalue weighted by Crippen LogP contribution is -1.97. The molecule has 0 fully saturated rings. The molecule has 0 aliphatic rings. The Balaban J connectivity index is 2.68. The van der Waals surface area contributed by atoms with Gasteiger partial charge in [0.25, 0.3) is 0 Å². The van der Waals surface area contributed by atoms with E-state index in [9.17, 15) is 13.6 Å². The summed E-state index contributed by atoms with van der Waals surface area (Å²) in [4.78, 5) is 11.5. The van der Waals surface area contributed by atoms with E-state index in [2.05, 4.69) is 0 Å². The van der Waals surface area contributed by atoms with E-state index in [0.717, 1.165) is 5.56 Å². The van der Waals surface area contributed by atoms with Crippen molar-refractivity contribution in [2.45, 2.75) is 13.8 Å². The van der Waals surface area contributed by atoms with Gasteiger partial charge in [0.1, 0.15) is 11.6 Å². The second-order valence-electron chi connectivity index (χ2n) is 4.26. The Hall–Kier alpha value is -2.03. The average molecular weight is 246 g/mol. The highest BCUT2D eigenvalue weighted by Gasteiger charge is 2.11. The molecule has 0 radical (unpaired) electrons. The molecule has 18 heavy (non-hydrogen) atoms. The zero-order chi connectivity index (χ0) is 13.3. The van der Waals surface area contributed by atoms with Crippen LogP contribution in [0.25, 0.3) is 11.1 Å². The number of halogens is 2. The molecule has 0 heterocycles. The van der Waals surface area contributed by atoms with Gasteiger partial charge in [0.2, 0.25) is 0 Å². The molecule has 2 aromatic rings. The van der Waals surface area contributed by atoms with Crippen LogP contribution in [0.3, 0.4) is 0 Å². The molecule has 0 amide bonds. The molecule has 2 rings (SSSR count). The van der Waals surface area contributed by atoms with Crippen LogP contribution >= 0.6 is 0 Å². The molecule has 0 spiro atoms. The fourth-order valence-corrected chi connectivity index (χ4v) is 1.95. The summed E-state index contributed by atoms with van der Waals surface area (Å²) < 4.78 is 26.7. The van der Waals surface area contributed by atoms with Gasteiger partial charge < -0.3 is 0 Å². The highest BCUT2D eigenvalue weighted by Crippen LogP contribution is 2.27. The molecular formula is C15H12F2O. The Kier molecular flexibility index (Phi) is 3.24. The van der Waals surface area contributed by atoms with E-state index in [1.165, 1.54) is 37.3 Å². The lowest BCUT2D eigenvalue weighted by molar-refractivity contribution is 0.101. The second kappa shape index (κ2) is 4.69. The zero-order valence-corrected chi connectivity index (χ0v) is 10.1. The number of rotatable bonds is 2. The lowest BCUT2D eigenvalue weighted by atomic mass is 9.96. The van der Waals surface area contributed by atoms with Gasteiger partial charge in [-0.2, -0.15) is 0 Å². The van der Waals surface area contributed by atoms with E-state index in [-0.39, 0.29) is 5.78 Å². The molecular weight excluding hydrogens is 234 g/mol. The van der Waals surface area contributed by atoms with Crippen LogP contribution in [0, 0.1) is 18.6 Å². The first kappa shape index (κ1) is 12.4. The van der Waals surface area contributed by atoms with Gasteiger partial charge >= 0.3 is 0 Å². The average Bonchev–Trinajstić information content (AvgIpc) is 2.27. The standard InChI is InChI=1S/C15H12F2O/c1-9-5-11(7-13(17)6-9)15-8-12(16)3-4-14(15)10(2)18/h3-8H,1-2H3. The lowest BCUT2D eigenvalue weighted by Gasteiger charge is -2.08. The number of benzene rings is 2. The van der Waals surface area contributed by atoms with E-state index in [4.69, 9.17) is 0 Å². The zero-order valence-electron chi connectivity index (χ0n) is 10.1. The largest absolute Gasteiger partial charge is 0.294 e. The topological polar surface area (TPSA) is 17.1 Å². The van der Waals surface area contributed by atoms with Crippen LogP contribution < -0.4 is 0 Å². The number of hydrogen-bond donors (Lipinski definition) is 0. The summed E-state index contributed by atoms with van der Waals surface area (Å²) in [5, 5.41) is 0. The van der Waals surface area contributed by atoms with Gasteiger partial charge in [0.15, 0.2) is 5.78 Å². The smallest absolute Gasteiger partial charge is 0.160 e. The second-order valence-corrected chi connectivity index (χ2v) is 4.26. The maximum absolute atomic E-state index is 13.4. The Morgan fingerprint density at radius 2 is 1.72 bits per heavy atom. The van der Waals surface area contributed by atoms with Crippen molar-refractivity contribution in [1.29, 1.82) is 0 Å². The third-order valence-electron chi connectivity index (χ3n) is 2.71. The minimum absolute atomic E-state index is 0.174. The van der Waals surface area contributed by atoms with Gasteiger partial charge in [-0.25, -0.2) is 8.78 Å². The fraction of sp³-hybridized carbons (Fsp3) is 0.133. The Morgan fingerprint density at radius 1 is 1.00 bits per heavy atom. The first-order valence-electron chi connectivity index (χ1n) is 5.55. The highest BCUT2D eigenvalue weighted by atomic mass is 19.1. The normalized spacial score (nSPS) is 10.4. The van der Waals surface area contributed by atoms with Gasteiger partial charge in [-0.05, 0) is 60.9 Å². The summed E-state index contributed by atoms with van der Waals surface area (Å²) in [5.41, 5.74) is 2.05. The molecule has 2 aromatic carbocycles. The van der Waals surface area contributed by atoms with E-state index < -0.39 is 11.6 Å². The molecule has 0 bridgehead atoms. The minimum atomic E-state index is -0.447. The molecule has 0 unspecified atom stereocenters. The van der Waals surface area contributed by atoms with Crippen molar-refractivity contribution in [2.24, 2.45) is 0 Å². The van der Waals surface area contributed by atoms with Crippen LogP contribution in [0.15, 0.2) is 36.4 Å². The highest BCUT2D eigenvalue weighted by molar-refractivity contribution is 6.00. The van der Waals surface area contributed by atoms with Crippen molar-refractivity contribution in [1.82, 2.24) is 0 Å². The van der Waals surface area contributed by atoms with Crippen LogP contribution in [0.2, 0.25) is 0 Å². The van der Waals surface area contributed by atoms with Crippen molar-refractivity contribution < 1.29 is 13.6 Å². The molecule has 0 saturated carbocycles. The number of Topliss-reactive ketones (excluding diaryl/α,β-unsaturated/α-hetero) is 1. The van der Waals surface area contributed by atoms with Crippen LogP contribution in [0.4, 0.5) is 8.78 Å². The number of ketones is 1. The molecule has 0 aliphatic heterocycles. The van der Waals surface area contributed by atoms with Crippen LogP contribution in [-0.4, -0.2) is 5.78 Å². The predicted octanol–water partition coefficient (Wildman–Crippen LogP) is 4.14. The monoisotopic (exact) mass is 246 g/mol. The molecule has 0 aliphatic carbocycles. The van der Waals surface area contributed by atoms with E-state index in [1.807, 2.05) is 0 Å². The number of aryl methyl sites for hydroxylation is 1. The number of hydrogen-bond acceptors (Lipinski definition) is 1. The molecule has 0 saturated heterocycles. The van der Waals surface area contributed by atoms with Gasteiger partial charge in [0.05, 0.1) is 0 Å². The summed E-state index contributed by atoms with van der Waals surface area (Å²) in [6.07, 6.45) is 0. The molecule has 1 nitrogen and oxygen atoms in total. The van der Waals surface area contributed by atoms with Crippen molar-refractivity contribution in [3.8, 4) is 11.1 Å². The maximum Gasteiger partial charge on any atom is 0.160 e. The van der Waals surface area contributed by atoms with Gasteiger partial charge in [-0.1, -0.05) is 6.07 Å². The van der Waals surface area contributed by atoms with Gasteiger partial charge in [-0.15, -0.1) is 0 Å². The number of carbonyl (C=O) groups is 1. The molecule has 0 atom stereocenters. The summed E-state index contributed by atoms with van der Waals surface area (Å²) in [5.74, 6) is -1.02. The van der Waals surface area contributed by atoms with Crippen molar-refractivity contribution in [3.63, 3.8) is 0 Å². The van der Waals surface area contributed by atoms with E-state index in [1.54, 1.807) is 13.0 Å². The molecule has 0 N–H and O–H groups in total. The van der Waals surface area contributed by atoms with Gasteiger partial charge in [0, 0.05) is 5.56 Å². The maximum atomic E-state index is 13.4. The fourth-order valence-electron chi connectivity index (χ4n) is 1.95. The summed E-state index contributed by atoms with van der Waals surface area (Å²) in [6.45, 7) is 3.15. The summed E-state index contributed by atoms with van der Waals surface area (Å²) >= 11 is 0. The van der Waals surface area contributed by atoms with Crippen molar-refractivity contribution >= 4 is 5.78 Å². The molecule has 3 heteroatoms. The van der Waals surface area contributed by atoms with Crippen LogP contribution in [0.5, 0.6) is 0 Å². The third kappa shape index (κ3) is 2.45. The first-order valence-corrected chi connectivity index (χ1v) is 5.55. The number of carbonyl (C=O) groups excluding carboxylic acids is 1. The SMILES string of the molecule is CC(=O)c1ccc(F)cc1-c1cc(C)cc(F)c1. The van der Waals surface area contributed by atoms with E-state index >= 15 is 0 Å². The summed E-state index contributed by atoms with van der Waals surface area (Å²) in [6, 6.07) is 8.32. The molecule has 92 valence electrons. The third-order valence-corrected chi connectivity index (χ3v) is 2.71. The van der Waals surface area contributed by atoms with Gasteiger partial charge in [-0.3, -0.25) is 4.79 Å². The van der Waals surface area contributed by atoms with Crippen molar-refractivity contribution in [3.05, 3.63) is 59.2 Å². The van der Waals surface area contributed by atoms with E-state index in [0.29, 0.717) is 16.7 Å². The predicted molar refractivity (Wildman–Crippen MR) is 66.5 cm³/mol. The Labute approximate surface area is 104 Å². The minimum Gasteiger partial charge on any atom is -0.294 e. The Morgan fingerprint density at radius 3 is 2.33 bits per heavy atom. The Bertz CT molecular complexity index is 598. The van der Waals surface area contributed by atoms with Crippen LogP contribution in [-0.2, 0) is 0 Å².